The van der Waals surface area contributed by atoms with Crippen molar-refractivity contribution < 1.29 is 0 Å². The largest absolute Gasteiger partial charge is 0.0975 e. The average molecular weight is 419 g/mol. The Kier molecular flexibility index (Phi) is 8.99. The quantitative estimate of drug-likeness (QED) is 0.352. The fourth-order valence-corrected chi connectivity index (χ4v) is 6.39. The molecule has 0 radical (unpaired) electrons. The van der Waals surface area contributed by atoms with E-state index in [4.69, 9.17) is 0 Å². The van der Waals surface area contributed by atoms with Gasteiger partial charge in [-0.25, -0.2) is 0 Å². The molecular weight excluding hydrogens is 401 g/mol. The summed E-state index contributed by atoms with van der Waals surface area (Å²) in [5.74, 6) is 0. The van der Waals surface area contributed by atoms with Crippen LogP contribution in [0.2, 0.25) is 0 Å². The topological polar surface area (TPSA) is 0 Å². The molecule has 0 aliphatic rings. The fraction of sp³-hybridized carbons (Fsp3) is 0. The van der Waals surface area contributed by atoms with E-state index in [0.717, 1.165) is 0 Å². The summed E-state index contributed by atoms with van der Waals surface area (Å²) >= 11 is 8.33. The van der Waals surface area contributed by atoms with Crippen molar-refractivity contribution in [2.45, 2.75) is 29.4 Å². The van der Waals surface area contributed by atoms with Gasteiger partial charge >= 0.3 is 0 Å². The van der Waals surface area contributed by atoms with E-state index in [1.807, 2.05) is 21.6 Å². The third kappa shape index (κ3) is 5.56. The second kappa shape index (κ2) is 11.0. The minimum atomic E-state index is 1.19. The summed E-state index contributed by atoms with van der Waals surface area (Å²) in [5, 5.41) is 7.46. The maximum absolute atomic E-state index is 3.88. The molecule has 0 amide bonds. The summed E-state index contributed by atoms with van der Waals surface area (Å²) in [4.78, 5) is 7.23. The molecule has 0 spiro atoms. The Bertz CT molecular complexity index is 714. The normalized spacial score (nSPS) is 10.2. The molecule has 128 valence electrons. The van der Waals surface area contributed by atoms with Crippen LogP contribution in [0.3, 0.4) is 0 Å². The first-order chi connectivity index (χ1) is 12.2. The Morgan fingerprint density at radius 1 is 0.520 bits per heavy atom. The summed E-state index contributed by atoms with van der Waals surface area (Å²) in [7, 11) is 0. The van der Waals surface area contributed by atoms with Gasteiger partial charge in [0, 0.05) is 29.4 Å². The highest BCUT2D eigenvalue weighted by molar-refractivity contribution is 8.07. The maximum Gasteiger partial charge on any atom is 0.0395 e. The van der Waals surface area contributed by atoms with Crippen molar-refractivity contribution in [3.8, 4) is 0 Å². The molecule has 0 aliphatic carbocycles. The van der Waals surface area contributed by atoms with Gasteiger partial charge in [-0.05, 0) is 45.9 Å². The molecule has 0 N–H and O–H groups in total. The summed E-state index contributed by atoms with van der Waals surface area (Å²) in [6, 6.07) is 12.7. The molecule has 2 rings (SSSR count). The summed E-state index contributed by atoms with van der Waals surface area (Å²) in [6.45, 7) is 15.4. The molecular formula is C20H18S5. The van der Waals surface area contributed by atoms with E-state index in [-0.39, 0.29) is 0 Å². The van der Waals surface area contributed by atoms with Gasteiger partial charge in [-0.3, -0.25) is 0 Å². The molecule has 0 saturated heterocycles. The van der Waals surface area contributed by atoms with Gasteiger partial charge in [0.2, 0.25) is 0 Å². The van der Waals surface area contributed by atoms with Gasteiger partial charge in [0.15, 0.2) is 0 Å². The molecule has 0 nitrogen and oxygen atoms in total. The van der Waals surface area contributed by atoms with Crippen LogP contribution in [0, 0.1) is 0 Å². The van der Waals surface area contributed by atoms with Crippen LogP contribution >= 0.6 is 58.8 Å². The summed E-state index contributed by atoms with van der Waals surface area (Å²) in [5.41, 5.74) is 0. The third-order valence-corrected chi connectivity index (χ3v) is 7.77. The van der Waals surface area contributed by atoms with Crippen LogP contribution in [0.15, 0.2) is 114 Å². The standard InChI is InChI=1S/C20H18S5/c1-5-21-15-11-9-13-17(19(15)23-7-3)25-18-14-10-12-16(22-6-2)20(18)24-8-4/h5-14H,1-4H2. The van der Waals surface area contributed by atoms with Crippen molar-refractivity contribution in [2.24, 2.45) is 0 Å². The summed E-state index contributed by atoms with van der Waals surface area (Å²) in [6.07, 6.45) is 0. The minimum absolute atomic E-state index is 1.19. The second-order valence-electron chi connectivity index (χ2n) is 4.41. The first-order valence-corrected chi connectivity index (χ1v) is 11.6. The lowest BCUT2D eigenvalue weighted by molar-refractivity contribution is 1.09. The highest BCUT2D eigenvalue weighted by Gasteiger charge is 2.14. The Balaban J connectivity index is 2.48. The lowest BCUT2D eigenvalue weighted by atomic mass is 10.3. The van der Waals surface area contributed by atoms with E-state index in [1.165, 1.54) is 29.4 Å². The van der Waals surface area contributed by atoms with Crippen molar-refractivity contribution in [1.82, 2.24) is 0 Å². The van der Waals surface area contributed by atoms with Crippen molar-refractivity contribution in [1.29, 1.82) is 0 Å². The lowest BCUT2D eigenvalue weighted by Crippen LogP contribution is -1.85. The van der Waals surface area contributed by atoms with Crippen LogP contribution in [0.25, 0.3) is 0 Å². The van der Waals surface area contributed by atoms with E-state index >= 15 is 0 Å². The Hall–Kier alpha value is -0.850. The monoisotopic (exact) mass is 418 g/mol. The zero-order chi connectivity index (χ0) is 18.1. The fourth-order valence-electron chi connectivity index (χ4n) is 2.03. The van der Waals surface area contributed by atoms with E-state index in [0.29, 0.717) is 0 Å². The molecule has 0 aliphatic heterocycles. The van der Waals surface area contributed by atoms with Gasteiger partial charge in [0.1, 0.15) is 0 Å². The van der Waals surface area contributed by atoms with Crippen LogP contribution < -0.4 is 0 Å². The Morgan fingerprint density at radius 3 is 1.24 bits per heavy atom. The predicted molar refractivity (Wildman–Crippen MR) is 121 cm³/mol. The number of hydrogen-bond donors (Lipinski definition) is 0. The van der Waals surface area contributed by atoms with Crippen molar-refractivity contribution >= 4 is 58.8 Å². The van der Waals surface area contributed by atoms with E-state index < -0.39 is 0 Å². The summed E-state index contributed by atoms with van der Waals surface area (Å²) < 4.78 is 0. The van der Waals surface area contributed by atoms with Crippen LogP contribution in [0.4, 0.5) is 0 Å². The SMILES string of the molecule is C=CSc1cccc(Sc2cccc(SC=C)c2SC=C)c1SC=C. The third-order valence-electron chi connectivity index (χ3n) is 2.93. The van der Waals surface area contributed by atoms with Crippen molar-refractivity contribution in [2.75, 3.05) is 0 Å². The minimum Gasteiger partial charge on any atom is -0.0975 e. The molecule has 2 aromatic carbocycles. The average Bonchev–Trinajstić information content (AvgIpc) is 2.61. The number of benzene rings is 2. The van der Waals surface area contributed by atoms with Crippen molar-refractivity contribution in [3.05, 3.63) is 84.3 Å². The van der Waals surface area contributed by atoms with Gasteiger partial charge in [-0.2, -0.15) is 0 Å². The second-order valence-corrected chi connectivity index (χ2v) is 9.46. The van der Waals surface area contributed by atoms with Gasteiger partial charge in [0.25, 0.3) is 0 Å². The lowest BCUT2D eigenvalue weighted by Gasteiger charge is -2.14. The number of rotatable bonds is 10. The Morgan fingerprint density at radius 2 is 0.880 bits per heavy atom. The molecule has 0 fully saturated rings. The van der Waals surface area contributed by atoms with Crippen LogP contribution in [0.5, 0.6) is 0 Å². The van der Waals surface area contributed by atoms with Crippen molar-refractivity contribution in [3.63, 3.8) is 0 Å². The zero-order valence-electron chi connectivity index (χ0n) is 13.6. The van der Waals surface area contributed by atoms with Gasteiger partial charge in [-0.15, -0.1) is 0 Å². The number of hydrogen-bond acceptors (Lipinski definition) is 5. The molecule has 0 bridgehead atoms. The van der Waals surface area contributed by atoms with Gasteiger partial charge in [0.05, 0.1) is 0 Å². The Labute approximate surface area is 171 Å². The van der Waals surface area contributed by atoms with Crippen LogP contribution in [-0.4, -0.2) is 0 Å². The first-order valence-electron chi connectivity index (χ1n) is 7.29. The van der Waals surface area contributed by atoms with Crippen LogP contribution in [-0.2, 0) is 0 Å². The van der Waals surface area contributed by atoms with E-state index in [2.05, 4.69) is 62.7 Å². The van der Waals surface area contributed by atoms with Crippen LogP contribution in [0.1, 0.15) is 0 Å². The van der Waals surface area contributed by atoms with Gasteiger partial charge < -0.3 is 0 Å². The molecule has 0 aromatic heterocycles. The van der Waals surface area contributed by atoms with Gasteiger partial charge in [-0.1, -0.05) is 97.3 Å². The molecule has 5 heteroatoms. The maximum atomic E-state index is 3.88. The van der Waals surface area contributed by atoms with E-state index in [1.54, 1.807) is 58.8 Å². The molecule has 0 unspecified atom stereocenters. The highest BCUT2D eigenvalue weighted by Crippen LogP contribution is 2.46. The first kappa shape index (κ1) is 20.5. The highest BCUT2D eigenvalue weighted by atomic mass is 32.2. The predicted octanol–water partition coefficient (Wildman–Crippen LogP) is 8.78. The zero-order valence-corrected chi connectivity index (χ0v) is 17.7. The number of thioether (sulfide) groups is 4. The molecule has 0 atom stereocenters. The molecule has 0 saturated carbocycles. The molecule has 0 heterocycles. The molecule has 25 heavy (non-hydrogen) atoms. The van der Waals surface area contributed by atoms with E-state index in [9.17, 15) is 0 Å². The molecule has 2 aromatic rings. The smallest absolute Gasteiger partial charge is 0.0395 e.